The molecule has 1 amide bonds. The third kappa shape index (κ3) is 3.37. The second-order valence-corrected chi connectivity index (χ2v) is 5.57. The molecule has 0 spiro atoms. The van der Waals surface area contributed by atoms with Gasteiger partial charge in [0.15, 0.2) is 0 Å². The number of carbonyl (C=O) groups is 1. The summed E-state index contributed by atoms with van der Waals surface area (Å²) >= 11 is 13.2. The molecule has 1 aromatic heterocycles. The van der Waals surface area contributed by atoms with E-state index in [1.54, 1.807) is 11.4 Å². The largest absolute Gasteiger partial charge is 0.378 e. The summed E-state index contributed by atoms with van der Waals surface area (Å²) < 4.78 is 13.0. The van der Waals surface area contributed by atoms with Crippen LogP contribution >= 0.6 is 34.5 Å². The Morgan fingerprint density at radius 3 is 2.47 bits per heavy atom. The Hall–Kier alpha value is -1.30. The number of nitrogens with two attached hydrogens (primary N) is 1. The molecule has 1 aromatic carbocycles. The minimum absolute atomic E-state index is 0.205. The predicted molar refractivity (Wildman–Crippen MR) is 76.6 cm³/mol. The van der Waals surface area contributed by atoms with Crippen molar-refractivity contribution in [1.82, 2.24) is 0 Å². The molecular weight excluding hydrogens is 310 g/mol. The Labute approximate surface area is 123 Å². The van der Waals surface area contributed by atoms with Crippen molar-refractivity contribution in [1.29, 1.82) is 0 Å². The van der Waals surface area contributed by atoms with Crippen LogP contribution in [0.5, 0.6) is 0 Å². The number of rotatable bonds is 4. The maximum absolute atomic E-state index is 13.0. The first-order valence-electron chi connectivity index (χ1n) is 5.23. The minimum atomic E-state index is -0.493. The van der Waals surface area contributed by atoms with Gasteiger partial charge in [-0.25, -0.2) is 4.39 Å². The van der Waals surface area contributed by atoms with Crippen molar-refractivity contribution in [2.24, 2.45) is 5.73 Å². The normalized spacial score (nSPS) is 10.5. The SMILES string of the molecule is NC(=O)c1csc(CNc2c(Cl)cc(F)cc2Cl)c1. The molecule has 2 rings (SSSR count). The molecule has 100 valence electrons. The summed E-state index contributed by atoms with van der Waals surface area (Å²) in [6, 6.07) is 4.05. The van der Waals surface area contributed by atoms with E-state index in [0.29, 0.717) is 17.8 Å². The molecule has 0 saturated heterocycles. The van der Waals surface area contributed by atoms with Gasteiger partial charge in [0.1, 0.15) is 5.82 Å². The third-order valence-corrected chi connectivity index (χ3v) is 3.92. The molecule has 7 heteroatoms. The van der Waals surface area contributed by atoms with Crippen molar-refractivity contribution in [3.05, 3.63) is 49.9 Å². The number of carbonyl (C=O) groups excluding carboxylic acids is 1. The topological polar surface area (TPSA) is 55.1 Å². The van der Waals surface area contributed by atoms with Crippen LogP contribution in [0.2, 0.25) is 10.0 Å². The van der Waals surface area contributed by atoms with E-state index in [9.17, 15) is 9.18 Å². The Morgan fingerprint density at radius 1 is 1.32 bits per heavy atom. The van der Waals surface area contributed by atoms with Gasteiger partial charge in [-0.3, -0.25) is 4.79 Å². The molecule has 0 bridgehead atoms. The van der Waals surface area contributed by atoms with Crippen molar-refractivity contribution in [3.63, 3.8) is 0 Å². The predicted octanol–water partition coefficient (Wildman–Crippen LogP) is 3.91. The quantitative estimate of drug-likeness (QED) is 0.898. The zero-order chi connectivity index (χ0) is 14.0. The molecule has 0 fully saturated rings. The fourth-order valence-electron chi connectivity index (χ4n) is 1.49. The lowest BCUT2D eigenvalue weighted by Gasteiger charge is -2.09. The molecule has 0 radical (unpaired) electrons. The summed E-state index contributed by atoms with van der Waals surface area (Å²) in [7, 11) is 0. The highest BCUT2D eigenvalue weighted by Gasteiger charge is 2.09. The molecule has 3 N–H and O–H groups in total. The molecule has 0 aliphatic carbocycles. The standard InChI is InChI=1S/C12H9Cl2FN2OS/c13-9-2-7(15)3-10(14)11(9)17-4-8-1-6(5-19-8)12(16)18/h1-3,5,17H,4H2,(H2,16,18). The number of benzene rings is 1. The van der Waals surface area contributed by atoms with Crippen LogP contribution in [0.3, 0.4) is 0 Å². The highest BCUT2D eigenvalue weighted by molar-refractivity contribution is 7.10. The van der Waals surface area contributed by atoms with Gasteiger partial charge in [0.25, 0.3) is 0 Å². The molecule has 19 heavy (non-hydrogen) atoms. The van der Waals surface area contributed by atoms with Gasteiger partial charge in [-0.2, -0.15) is 0 Å². The lowest BCUT2D eigenvalue weighted by Crippen LogP contribution is -2.09. The van der Waals surface area contributed by atoms with Gasteiger partial charge < -0.3 is 11.1 Å². The van der Waals surface area contributed by atoms with Gasteiger partial charge in [0.2, 0.25) is 5.91 Å². The number of amides is 1. The summed E-state index contributed by atoms with van der Waals surface area (Å²) in [5, 5.41) is 5.09. The zero-order valence-corrected chi connectivity index (χ0v) is 11.9. The second kappa shape index (κ2) is 5.77. The van der Waals surface area contributed by atoms with E-state index in [1.165, 1.54) is 23.5 Å². The average molecular weight is 319 g/mol. The van der Waals surface area contributed by atoms with E-state index in [2.05, 4.69) is 5.32 Å². The van der Waals surface area contributed by atoms with Gasteiger partial charge >= 0.3 is 0 Å². The van der Waals surface area contributed by atoms with Crippen LogP contribution in [0, 0.1) is 5.82 Å². The second-order valence-electron chi connectivity index (χ2n) is 3.76. The summed E-state index contributed by atoms with van der Waals surface area (Å²) in [4.78, 5) is 11.9. The van der Waals surface area contributed by atoms with E-state index in [0.717, 1.165) is 4.88 Å². The highest BCUT2D eigenvalue weighted by Crippen LogP contribution is 2.32. The number of halogens is 3. The maximum Gasteiger partial charge on any atom is 0.249 e. The summed E-state index contributed by atoms with van der Waals surface area (Å²) in [5.74, 6) is -0.965. The van der Waals surface area contributed by atoms with E-state index in [4.69, 9.17) is 28.9 Å². The maximum atomic E-state index is 13.0. The van der Waals surface area contributed by atoms with Crippen LogP contribution in [0.4, 0.5) is 10.1 Å². The molecule has 3 nitrogen and oxygen atoms in total. The average Bonchev–Trinajstić information content (AvgIpc) is 2.76. The number of hydrogen-bond acceptors (Lipinski definition) is 3. The van der Waals surface area contributed by atoms with Crippen molar-refractivity contribution in [2.75, 3.05) is 5.32 Å². The molecule has 0 unspecified atom stereocenters. The summed E-state index contributed by atoms with van der Waals surface area (Å²) in [6.07, 6.45) is 0. The summed E-state index contributed by atoms with van der Waals surface area (Å²) in [6.45, 7) is 0.420. The number of hydrogen-bond donors (Lipinski definition) is 2. The molecule has 2 aromatic rings. The van der Waals surface area contributed by atoms with Crippen LogP contribution in [0.1, 0.15) is 15.2 Å². The van der Waals surface area contributed by atoms with Gasteiger partial charge in [-0.1, -0.05) is 23.2 Å². The number of nitrogens with one attached hydrogen (secondary N) is 1. The van der Waals surface area contributed by atoms with Crippen molar-refractivity contribution in [3.8, 4) is 0 Å². The van der Waals surface area contributed by atoms with Gasteiger partial charge in [0.05, 0.1) is 21.3 Å². The fourth-order valence-corrected chi connectivity index (χ4v) is 2.90. The van der Waals surface area contributed by atoms with Crippen LogP contribution in [-0.2, 0) is 6.54 Å². The fraction of sp³-hybridized carbons (Fsp3) is 0.0833. The molecule has 1 heterocycles. The first-order valence-corrected chi connectivity index (χ1v) is 6.86. The van der Waals surface area contributed by atoms with Crippen molar-refractivity contribution in [2.45, 2.75) is 6.54 Å². The van der Waals surface area contributed by atoms with Gasteiger partial charge in [0, 0.05) is 16.8 Å². The Bertz CT molecular complexity index is 607. The smallest absolute Gasteiger partial charge is 0.249 e. The van der Waals surface area contributed by atoms with Gasteiger partial charge in [-0.05, 0) is 18.2 Å². The number of anilines is 1. The van der Waals surface area contributed by atoms with Crippen molar-refractivity contribution >= 4 is 46.1 Å². The first-order chi connectivity index (χ1) is 8.97. The Morgan fingerprint density at radius 2 is 1.95 bits per heavy atom. The van der Waals surface area contributed by atoms with E-state index in [-0.39, 0.29) is 10.0 Å². The monoisotopic (exact) mass is 318 g/mol. The lowest BCUT2D eigenvalue weighted by molar-refractivity contribution is 0.100. The molecular formula is C12H9Cl2FN2OS. The van der Waals surface area contributed by atoms with Crippen molar-refractivity contribution < 1.29 is 9.18 Å². The van der Waals surface area contributed by atoms with Crippen LogP contribution < -0.4 is 11.1 Å². The minimum Gasteiger partial charge on any atom is -0.378 e. The van der Waals surface area contributed by atoms with E-state index in [1.807, 2.05) is 0 Å². The Balaban J connectivity index is 2.12. The van der Waals surface area contributed by atoms with Crippen LogP contribution in [0.15, 0.2) is 23.6 Å². The molecule has 0 atom stereocenters. The summed E-state index contributed by atoms with van der Waals surface area (Å²) in [5.41, 5.74) is 6.08. The Kier molecular flexibility index (Phi) is 4.29. The lowest BCUT2D eigenvalue weighted by atomic mass is 10.3. The first kappa shape index (κ1) is 14.1. The van der Waals surface area contributed by atoms with E-state index >= 15 is 0 Å². The van der Waals surface area contributed by atoms with Gasteiger partial charge in [-0.15, -0.1) is 11.3 Å². The highest BCUT2D eigenvalue weighted by atomic mass is 35.5. The zero-order valence-electron chi connectivity index (χ0n) is 9.54. The van der Waals surface area contributed by atoms with E-state index < -0.39 is 11.7 Å². The molecule has 0 aliphatic rings. The van der Waals surface area contributed by atoms with Crippen LogP contribution in [-0.4, -0.2) is 5.91 Å². The molecule has 0 aliphatic heterocycles. The molecule has 0 saturated carbocycles. The van der Waals surface area contributed by atoms with Crippen LogP contribution in [0.25, 0.3) is 0 Å². The number of primary amides is 1. The number of thiophene rings is 1. The third-order valence-electron chi connectivity index (χ3n) is 2.38.